The van der Waals surface area contributed by atoms with Crippen molar-refractivity contribution in [3.63, 3.8) is 0 Å². The summed E-state index contributed by atoms with van der Waals surface area (Å²) in [6, 6.07) is -0.0229. The third-order valence-corrected chi connectivity index (χ3v) is 4.78. The lowest BCUT2D eigenvalue weighted by Crippen LogP contribution is -2.43. The molecule has 0 aromatic heterocycles. The molecule has 0 bridgehead atoms. The first-order chi connectivity index (χ1) is 10.7. The van der Waals surface area contributed by atoms with Gasteiger partial charge in [-0.25, -0.2) is 0 Å². The molecule has 9 heteroatoms. The maximum Gasteiger partial charge on any atom is 0.224 e. The molecule has 2 unspecified atom stereocenters. The largest absolute Gasteiger partial charge is 0.379 e. The minimum Gasteiger partial charge on any atom is -0.379 e. The summed E-state index contributed by atoms with van der Waals surface area (Å²) in [5.41, 5.74) is 0. The maximum atomic E-state index is 12.1. The van der Waals surface area contributed by atoms with Crippen LogP contribution in [0.2, 0.25) is 0 Å². The van der Waals surface area contributed by atoms with Gasteiger partial charge in [-0.05, 0) is 13.0 Å². The Labute approximate surface area is 155 Å². The van der Waals surface area contributed by atoms with Crippen molar-refractivity contribution in [2.75, 3.05) is 59.0 Å². The highest BCUT2D eigenvalue weighted by molar-refractivity contribution is 5.85. The molecule has 24 heavy (non-hydrogen) atoms. The lowest BCUT2D eigenvalue weighted by Gasteiger charge is -2.28. The zero-order valence-corrected chi connectivity index (χ0v) is 15.5. The molecule has 3 rings (SSSR count). The minimum absolute atomic E-state index is 0. The van der Waals surface area contributed by atoms with Gasteiger partial charge in [0.15, 0.2) is 0 Å². The van der Waals surface area contributed by atoms with E-state index in [4.69, 9.17) is 4.74 Å². The molecule has 7 nitrogen and oxygen atoms in total. The minimum atomic E-state index is -0.0229. The van der Waals surface area contributed by atoms with Crippen molar-refractivity contribution in [2.24, 2.45) is 5.92 Å². The Bertz CT molecular complexity index is 416. The van der Waals surface area contributed by atoms with E-state index in [1.54, 1.807) is 0 Å². The van der Waals surface area contributed by atoms with E-state index in [0.717, 1.165) is 58.9 Å². The van der Waals surface area contributed by atoms with E-state index in [0.29, 0.717) is 13.0 Å². The Morgan fingerprint density at radius 1 is 1.25 bits per heavy atom. The molecular formula is C15H28Cl2N4O3. The lowest BCUT2D eigenvalue weighted by molar-refractivity contribution is -0.128. The molecule has 0 radical (unpaired) electrons. The van der Waals surface area contributed by atoms with Gasteiger partial charge in [-0.1, -0.05) is 0 Å². The van der Waals surface area contributed by atoms with Crippen LogP contribution in [0.15, 0.2) is 0 Å². The SMILES string of the molecule is Cl.Cl.O=C(NC1CC(=O)N(CCN2CCOCC2)C1)C1CCNC1. The number of nitrogens with one attached hydrogen (secondary N) is 2. The van der Waals surface area contributed by atoms with Gasteiger partial charge in [0, 0.05) is 45.7 Å². The summed E-state index contributed by atoms with van der Waals surface area (Å²) in [7, 11) is 0. The number of morpholine rings is 1. The number of carbonyl (C=O) groups excluding carboxylic acids is 2. The van der Waals surface area contributed by atoms with E-state index in [2.05, 4.69) is 15.5 Å². The summed E-state index contributed by atoms with van der Waals surface area (Å²) in [5.74, 6) is 0.318. The Morgan fingerprint density at radius 2 is 2.00 bits per heavy atom. The number of rotatable bonds is 5. The van der Waals surface area contributed by atoms with Crippen LogP contribution in [0, 0.1) is 5.92 Å². The first kappa shape index (κ1) is 21.4. The molecular weight excluding hydrogens is 355 g/mol. The molecule has 0 saturated carbocycles. The fourth-order valence-corrected chi connectivity index (χ4v) is 3.37. The van der Waals surface area contributed by atoms with Crippen LogP contribution < -0.4 is 10.6 Å². The van der Waals surface area contributed by atoms with Gasteiger partial charge in [-0.2, -0.15) is 0 Å². The van der Waals surface area contributed by atoms with Crippen LogP contribution in [-0.2, 0) is 14.3 Å². The van der Waals surface area contributed by atoms with Gasteiger partial charge in [0.1, 0.15) is 0 Å². The molecule has 2 atom stereocenters. The summed E-state index contributed by atoms with van der Waals surface area (Å²) in [4.78, 5) is 28.4. The predicted octanol–water partition coefficient (Wildman–Crippen LogP) is -0.511. The zero-order valence-electron chi connectivity index (χ0n) is 13.9. The molecule has 0 aromatic carbocycles. The second-order valence-electron chi connectivity index (χ2n) is 6.39. The highest BCUT2D eigenvalue weighted by Gasteiger charge is 2.32. The van der Waals surface area contributed by atoms with E-state index in [1.165, 1.54) is 0 Å². The van der Waals surface area contributed by atoms with E-state index in [9.17, 15) is 9.59 Å². The normalized spacial score (nSPS) is 27.5. The fourth-order valence-electron chi connectivity index (χ4n) is 3.37. The van der Waals surface area contributed by atoms with Crippen LogP contribution in [0.5, 0.6) is 0 Å². The third-order valence-electron chi connectivity index (χ3n) is 4.78. The maximum absolute atomic E-state index is 12.1. The Kier molecular flexibility index (Phi) is 9.30. The highest BCUT2D eigenvalue weighted by Crippen LogP contribution is 2.14. The van der Waals surface area contributed by atoms with Crippen LogP contribution >= 0.6 is 24.8 Å². The number of carbonyl (C=O) groups is 2. The molecule has 3 saturated heterocycles. The summed E-state index contributed by atoms with van der Waals surface area (Å²) < 4.78 is 5.33. The van der Waals surface area contributed by atoms with Crippen LogP contribution in [0.25, 0.3) is 0 Å². The second-order valence-corrected chi connectivity index (χ2v) is 6.39. The molecule has 0 spiro atoms. The molecule has 2 N–H and O–H groups in total. The second kappa shape index (κ2) is 10.4. The zero-order chi connectivity index (χ0) is 15.4. The smallest absolute Gasteiger partial charge is 0.224 e. The molecule has 3 fully saturated rings. The average molecular weight is 383 g/mol. The lowest BCUT2D eigenvalue weighted by atomic mass is 10.1. The van der Waals surface area contributed by atoms with Crippen molar-refractivity contribution >= 4 is 36.6 Å². The summed E-state index contributed by atoms with van der Waals surface area (Å²) >= 11 is 0. The van der Waals surface area contributed by atoms with Gasteiger partial charge in [0.2, 0.25) is 11.8 Å². The Balaban J connectivity index is 0.00000144. The Morgan fingerprint density at radius 3 is 2.67 bits per heavy atom. The summed E-state index contributed by atoms with van der Waals surface area (Å²) in [5, 5.41) is 6.24. The molecule has 140 valence electrons. The van der Waals surface area contributed by atoms with Crippen molar-refractivity contribution in [3.8, 4) is 0 Å². The number of likely N-dealkylation sites (tertiary alicyclic amines) is 1. The number of nitrogens with zero attached hydrogens (tertiary/aromatic N) is 2. The number of hydrogen-bond donors (Lipinski definition) is 2. The van der Waals surface area contributed by atoms with Crippen molar-refractivity contribution in [1.29, 1.82) is 0 Å². The van der Waals surface area contributed by atoms with Crippen molar-refractivity contribution in [2.45, 2.75) is 18.9 Å². The number of halogens is 2. The highest BCUT2D eigenvalue weighted by atomic mass is 35.5. The van der Waals surface area contributed by atoms with Crippen LogP contribution in [0.3, 0.4) is 0 Å². The summed E-state index contributed by atoms with van der Waals surface area (Å²) in [6.07, 6.45) is 1.34. The van der Waals surface area contributed by atoms with Crippen molar-refractivity contribution in [1.82, 2.24) is 20.4 Å². The van der Waals surface area contributed by atoms with Gasteiger partial charge in [-0.3, -0.25) is 14.5 Å². The average Bonchev–Trinajstić information content (AvgIpc) is 3.16. The van der Waals surface area contributed by atoms with E-state index < -0.39 is 0 Å². The van der Waals surface area contributed by atoms with Gasteiger partial charge >= 0.3 is 0 Å². The molecule has 3 aliphatic rings. The number of amides is 2. The monoisotopic (exact) mass is 382 g/mol. The molecule has 2 amide bonds. The van der Waals surface area contributed by atoms with Crippen LogP contribution in [-0.4, -0.2) is 86.7 Å². The van der Waals surface area contributed by atoms with E-state index in [1.807, 2.05) is 4.90 Å². The van der Waals surface area contributed by atoms with Gasteiger partial charge < -0.3 is 20.3 Å². The molecule has 3 heterocycles. The number of hydrogen-bond acceptors (Lipinski definition) is 5. The standard InChI is InChI=1S/C15H26N4O3.2ClH/c20-14-9-13(17-15(21)12-1-2-16-10-12)11-19(14)4-3-18-5-7-22-8-6-18;;/h12-13,16H,1-11H2,(H,17,21);2*1H. The molecule has 0 aromatic rings. The number of ether oxygens (including phenoxy) is 1. The van der Waals surface area contributed by atoms with E-state index >= 15 is 0 Å². The van der Waals surface area contributed by atoms with Crippen LogP contribution in [0.1, 0.15) is 12.8 Å². The van der Waals surface area contributed by atoms with Crippen LogP contribution in [0.4, 0.5) is 0 Å². The molecule has 3 aliphatic heterocycles. The third kappa shape index (κ3) is 5.74. The van der Waals surface area contributed by atoms with Crippen molar-refractivity contribution < 1.29 is 14.3 Å². The van der Waals surface area contributed by atoms with Gasteiger partial charge in [0.25, 0.3) is 0 Å². The van der Waals surface area contributed by atoms with E-state index in [-0.39, 0.29) is 48.6 Å². The predicted molar refractivity (Wildman–Crippen MR) is 95.9 cm³/mol. The fraction of sp³-hybridized carbons (Fsp3) is 0.867. The summed E-state index contributed by atoms with van der Waals surface area (Å²) in [6.45, 7) is 7.39. The molecule has 0 aliphatic carbocycles. The quantitative estimate of drug-likeness (QED) is 0.669. The van der Waals surface area contributed by atoms with Gasteiger partial charge in [-0.15, -0.1) is 24.8 Å². The van der Waals surface area contributed by atoms with Gasteiger partial charge in [0.05, 0.1) is 25.2 Å². The topological polar surface area (TPSA) is 73.9 Å². The first-order valence-corrected chi connectivity index (χ1v) is 8.31. The van der Waals surface area contributed by atoms with Crippen molar-refractivity contribution in [3.05, 3.63) is 0 Å². The Hall–Kier alpha value is -0.600. The first-order valence-electron chi connectivity index (χ1n) is 8.31.